The Kier molecular flexibility index (Phi) is 5.87. The molecule has 1 saturated heterocycles. The molecule has 1 fully saturated rings. The second-order valence-corrected chi connectivity index (χ2v) is 5.11. The maximum Gasteiger partial charge on any atom is 0.302 e. The van der Waals surface area contributed by atoms with Crippen LogP contribution in [0.15, 0.2) is 30.3 Å². The molecule has 0 spiro atoms. The van der Waals surface area contributed by atoms with Crippen molar-refractivity contribution >= 4 is 5.97 Å². The zero-order chi connectivity index (χ0) is 16.1. The van der Waals surface area contributed by atoms with Gasteiger partial charge in [0.15, 0.2) is 6.29 Å². The van der Waals surface area contributed by atoms with Gasteiger partial charge in [-0.25, -0.2) is 0 Å². The molecule has 0 saturated carbocycles. The first-order chi connectivity index (χ1) is 10.5. The lowest BCUT2D eigenvalue weighted by Gasteiger charge is -2.39. The van der Waals surface area contributed by atoms with Gasteiger partial charge < -0.3 is 29.5 Å². The van der Waals surface area contributed by atoms with Gasteiger partial charge in [0.2, 0.25) is 0 Å². The van der Waals surface area contributed by atoms with Crippen LogP contribution in [0.1, 0.15) is 12.5 Å². The van der Waals surface area contributed by atoms with E-state index < -0.39 is 36.7 Å². The molecule has 1 aromatic carbocycles. The number of ether oxygens (including phenoxy) is 3. The first kappa shape index (κ1) is 16.9. The fourth-order valence-corrected chi connectivity index (χ4v) is 2.14. The summed E-state index contributed by atoms with van der Waals surface area (Å²) in [5, 5.41) is 29.6. The Morgan fingerprint density at radius 2 is 1.82 bits per heavy atom. The lowest BCUT2D eigenvalue weighted by atomic mass is 9.99. The Labute approximate surface area is 128 Å². The van der Waals surface area contributed by atoms with Crippen molar-refractivity contribution in [2.45, 2.75) is 44.2 Å². The third-order valence-electron chi connectivity index (χ3n) is 3.38. The molecule has 1 aliphatic rings. The highest BCUT2D eigenvalue weighted by Crippen LogP contribution is 2.23. The molecule has 0 amide bonds. The van der Waals surface area contributed by atoms with Crippen molar-refractivity contribution in [3.63, 3.8) is 0 Å². The molecule has 1 aliphatic heterocycles. The second-order valence-electron chi connectivity index (χ2n) is 5.11. The van der Waals surface area contributed by atoms with E-state index >= 15 is 0 Å². The Morgan fingerprint density at radius 3 is 2.45 bits per heavy atom. The van der Waals surface area contributed by atoms with Gasteiger partial charge in [0.1, 0.15) is 31.0 Å². The van der Waals surface area contributed by atoms with Crippen LogP contribution >= 0.6 is 0 Å². The molecule has 122 valence electrons. The zero-order valence-corrected chi connectivity index (χ0v) is 12.2. The SMILES string of the molecule is CC(=O)OC[C@H]1O[C@H](OCc2ccccc2)[C@H](O)[C@@H](O)[C@@H]1O. The largest absolute Gasteiger partial charge is 0.463 e. The van der Waals surface area contributed by atoms with Crippen molar-refractivity contribution in [1.29, 1.82) is 0 Å². The maximum atomic E-state index is 10.8. The van der Waals surface area contributed by atoms with E-state index in [9.17, 15) is 20.1 Å². The van der Waals surface area contributed by atoms with Crippen LogP contribution in [0.25, 0.3) is 0 Å². The van der Waals surface area contributed by atoms with Crippen LogP contribution in [0, 0.1) is 0 Å². The molecule has 5 atom stereocenters. The minimum absolute atomic E-state index is 0.172. The van der Waals surface area contributed by atoms with E-state index in [-0.39, 0.29) is 13.2 Å². The molecular formula is C15H20O7. The molecule has 22 heavy (non-hydrogen) atoms. The van der Waals surface area contributed by atoms with E-state index in [0.29, 0.717) is 0 Å². The van der Waals surface area contributed by atoms with Gasteiger partial charge in [-0.3, -0.25) is 4.79 Å². The fraction of sp³-hybridized carbons (Fsp3) is 0.533. The van der Waals surface area contributed by atoms with E-state index in [1.54, 1.807) is 0 Å². The van der Waals surface area contributed by atoms with Crippen molar-refractivity contribution in [3.05, 3.63) is 35.9 Å². The first-order valence-corrected chi connectivity index (χ1v) is 6.97. The monoisotopic (exact) mass is 312 g/mol. The average molecular weight is 312 g/mol. The predicted molar refractivity (Wildman–Crippen MR) is 74.5 cm³/mol. The van der Waals surface area contributed by atoms with Gasteiger partial charge in [0.25, 0.3) is 0 Å². The molecule has 2 rings (SSSR count). The summed E-state index contributed by atoms with van der Waals surface area (Å²) in [5.41, 5.74) is 0.871. The van der Waals surface area contributed by atoms with Gasteiger partial charge in [0, 0.05) is 6.92 Å². The number of aliphatic hydroxyl groups is 3. The predicted octanol–water partition coefficient (Wildman–Crippen LogP) is -0.426. The van der Waals surface area contributed by atoms with Crippen LogP contribution in [0.4, 0.5) is 0 Å². The van der Waals surface area contributed by atoms with E-state index in [0.717, 1.165) is 5.56 Å². The lowest BCUT2D eigenvalue weighted by molar-refractivity contribution is -0.304. The number of benzene rings is 1. The molecule has 3 N–H and O–H groups in total. The minimum atomic E-state index is -1.45. The summed E-state index contributed by atoms with van der Waals surface area (Å²) in [6.07, 6.45) is -6.31. The van der Waals surface area contributed by atoms with Gasteiger partial charge in [0.05, 0.1) is 6.61 Å². The zero-order valence-electron chi connectivity index (χ0n) is 12.2. The van der Waals surface area contributed by atoms with Gasteiger partial charge >= 0.3 is 5.97 Å². The molecule has 0 radical (unpaired) electrons. The van der Waals surface area contributed by atoms with Gasteiger partial charge in [-0.05, 0) is 5.56 Å². The quantitative estimate of drug-likeness (QED) is 0.634. The summed E-state index contributed by atoms with van der Waals surface area (Å²) >= 11 is 0. The summed E-state index contributed by atoms with van der Waals surface area (Å²) in [5.74, 6) is -0.529. The number of hydrogen-bond donors (Lipinski definition) is 3. The van der Waals surface area contributed by atoms with Crippen LogP contribution in [0.3, 0.4) is 0 Å². The number of carbonyl (C=O) groups is 1. The highest BCUT2D eigenvalue weighted by Gasteiger charge is 2.44. The standard InChI is InChI=1S/C15H20O7/c1-9(16)20-8-11-12(17)13(18)14(19)15(22-11)21-7-10-5-3-2-4-6-10/h2-6,11-15,17-19H,7-8H2,1H3/t11-,12-,13+,14-,15+/m1/s1. The molecule has 0 bridgehead atoms. The smallest absolute Gasteiger partial charge is 0.302 e. The van der Waals surface area contributed by atoms with Crippen LogP contribution in [0.5, 0.6) is 0 Å². The lowest BCUT2D eigenvalue weighted by Crippen LogP contribution is -2.59. The van der Waals surface area contributed by atoms with Gasteiger partial charge in [-0.1, -0.05) is 30.3 Å². The van der Waals surface area contributed by atoms with E-state index in [1.807, 2.05) is 30.3 Å². The van der Waals surface area contributed by atoms with Gasteiger partial charge in [-0.15, -0.1) is 0 Å². The summed E-state index contributed by atoms with van der Waals surface area (Å²) in [4.78, 5) is 10.8. The third-order valence-corrected chi connectivity index (χ3v) is 3.38. The van der Waals surface area contributed by atoms with Crippen molar-refractivity contribution in [3.8, 4) is 0 Å². The second kappa shape index (κ2) is 7.66. The Hall–Kier alpha value is -1.51. The van der Waals surface area contributed by atoms with Gasteiger partial charge in [-0.2, -0.15) is 0 Å². The van der Waals surface area contributed by atoms with Crippen LogP contribution in [-0.4, -0.2) is 58.6 Å². The number of esters is 1. The normalized spacial score (nSPS) is 31.7. The highest BCUT2D eigenvalue weighted by atomic mass is 16.7. The number of aliphatic hydroxyl groups excluding tert-OH is 3. The Bertz CT molecular complexity index is 478. The molecule has 7 nitrogen and oxygen atoms in total. The van der Waals surface area contributed by atoms with Crippen LogP contribution in [-0.2, 0) is 25.6 Å². The number of rotatable bonds is 5. The Balaban J connectivity index is 1.95. The molecule has 1 heterocycles. The van der Waals surface area contributed by atoms with Crippen LogP contribution in [0.2, 0.25) is 0 Å². The molecule has 0 unspecified atom stereocenters. The van der Waals surface area contributed by atoms with E-state index in [2.05, 4.69) is 0 Å². The fourth-order valence-electron chi connectivity index (χ4n) is 2.14. The summed E-state index contributed by atoms with van der Waals surface area (Å²) in [6.45, 7) is 1.17. The average Bonchev–Trinajstić information content (AvgIpc) is 2.52. The first-order valence-electron chi connectivity index (χ1n) is 6.97. The van der Waals surface area contributed by atoms with E-state index in [1.165, 1.54) is 6.92 Å². The summed E-state index contributed by atoms with van der Waals surface area (Å²) in [7, 11) is 0. The topological polar surface area (TPSA) is 105 Å². The minimum Gasteiger partial charge on any atom is -0.463 e. The number of hydrogen-bond acceptors (Lipinski definition) is 7. The van der Waals surface area contributed by atoms with Crippen LogP contribution < -0.4 is 0 Å². The van der Waals surface area contributed by atoms with Crippen molar-refractivity contribution in [2.24, 2.45) is 0 Å². The maximum absolute atomic E-state index is 10.8. The Morgan fingerprint density at radius 1 is 1.14 bits per heavy atom. The molecular weight excluding hydrogens is 292 g/mol. The summed E-state index contributed by atoms with van der Waals surface area (Å²) < 4.78 is 15.6. The molecule has 0 aliphatic carbocycles. The van der Waals surface area contributed by atoms with Crippen molar-refractivity contribution in [2.75, 3.05) is 6.61 Å². The third kappa shape index (κ3) is 4.25. The van der Waals surface area contributed by atoms with Crippen molar-refractivity contribution < 1.29 is 34.3 Å². The highest BCUT2D eigenvalue weighted by molar-refractivity contribution is 5.65. The molecule has 1 aromatic rings. The molecule has 0 aromatic heterocycles. The number of carbonyl (C=O) groups excluding carboxylic acids is 1. The summed E-state index contributed by atoms with van der Waals surface area (Å²) in [6, 6.07) is 9.25. The molecule has 7 heteroatoms. The van der Waals surface area contributed by atoms with Crippen molar-refractivity contribution in [1.82, 2.24) is 0 Å². The van der Waals surface area contributed by atoms with E-state index in [4.69, 9.17) is 14.2 Å².